The van der Waals surface area contributed by atoms with Crippen LogP contribution in [0.15, 0.2) is 36.4 Å². The van der Waals surface area contributed by atoms with Gasteiger partial charge in [-0.2, -0.15) is 0 Å². The third-order valence-electron chi connectivity index (χ3n) is 4.85. The first-order valence-electron chi connectivity index (χ1n) is 8.27. The van der Waals surface area contributed by atoms with E-state index in [4.69, 9.17) is 0 Å². The number of sulfonamides is 2. The van der Waals surface area contributed by atoms with Crippen LogP contribution in [-0.4, -0.2) is 42.4 Å². The molecule has 0 spiro atoms. The van der Waals surface area contributed by atoms with E-state index in [1.807, 2.05) is 24.3 Å². The molecule has 0 unspecified atom stereocenters. The van der Waals surface area contributed by atoms with Crippen LogP contribution in [0.25, 0.3) is 19.7 Å². The van der Waals surface area contributed by atoms with Crippen molar-refractivity contribution in [3.63, 3.8) is 0 Å². The quantitative estimate of drug-likeness (QED) is 0.572. The molecule has 0 bridgehead atoms. The maximum atomic E-state index is 12.2. The number of hydrogen-bond donors (Lipinski definition) is 0. The molecule has 0 radical (unpaired) electrons. The fourth-order valence-electron chi connectivity index (χ4n) is 3.66. The van der Waals surface area contributed by atoms with Gasteiger partial charge in [-0.15, -0.1) is 0 Å². The molecule has 0 aliphatic carbocycles. The van der Waals surface area contributed by atoms with E-state index in [-0.39, 0.29) is 13.1 Å². The largest absolute Gasteiger partial charge is 0.266 e. The Kier molecular flexibility index (Phi) is 4.68. The fourth-order valence-corrected chi connectivity index (χ4v) is 6.49. The van der Waals surface area contributed by atoms with Gasteiger partial charge in [-0.1, -0.05) is 44.0 Å². The summed E-state index contributed by atoms with van der Waals surface area (Å²) < 4.78 is 53.2. The lowest BCUT2D eigenvalue weighted by molar-refractivity contribution is 0.597. The number of benzene rings is 2. The summed E-state index contributed by atoms with van der Waals surface area (Å²) in [4.78, 5) is 0. The molecule has 0 amide bonds. The van der Waals surface area contributed by atoms with Gasteiger partial charge in [0.1, 0.15) is 0 Å². The lowest BCUT2D eigenvalue weighted by Crippen LogP contribution is -2.33. The van der Waals surface area contributed by atoms with E-state index in [0.29, 0.717) is 11.4 Å². The molecule has 0 fully saturated rings. The number of rotatable bonds is 2. The minimum atomic E-state index is -3.43. The Morgan fingerprint density at radius 2 is 1.07 bits per heavy atom. The van der Waals surface area contributed by atoms with Crippen molar-refractivity contribution < 1.29 is 16.8 Å². The first-order chi connectivity index (χ1) is 13.0. The number of hydrogen-bond acceptors (Lipinski definition) is 4. The summed E-state index contributed by atoms with van der Waals surface area (Å²) >= 11 is 7.13. The van der Waals surface area contributed by atoms with Crippen LogP contribution in [0.4, 0.5) is 11.4 Å². The topological polar surface area (TPSA) is 74.8 Å². The van der Waals surface area contributed by atoms with Gasteiger partial charge in [-0.25, -0.2) is 16.8 Å². The van der Waals surface area contributed by atoms with Gasteiger partial charge >= 0.3 is 0 Å². The Bertz CT molecular complexity index is 1200. The summed E-state index contributed by atoms with van der Waals surface area (Å²) in [5.74, 6) is 0. The Balaban J connectivity index is 2.07. The number of halogens is 2. The van der Waals surface area contributed by atoms with Gasteiger partial charge in [0.15, 0.2) is 0 Å². The molecule has 2 aromatic rings. The summed E-state index contributed by atoms with van der Waals surface area (Å²) in [5.41, 5.74) is 2.74. The number of anilines is 2. The summed E-state index contributed by atoms with van der Waals surface area (Å²) in [7, 11) is -6.86. The number of fused-ring (bicyclic) bond motifs is 5. The SMILES string of the molecule is CS(=O)(=O)N1CC=C(Br)c2c1ccc1c3c(ccc21)N(S(C)(=O)=O)CC=C3Br. The van der Waals surface area contributed by atoms with Gasteiger partial charge in [-0.3, -0.25) is 8.61 Å². The Morgan fingerprint density at radius 3 is 1.39 bits per heavy atom. The first-order valence-corrected chi connectivity index (χ1v) is 13.6. The van der Waals surface area contributed by atoms with Gasteiger partial charge in [0.2, 0.25) is 20.0 Å². The molecular weight excluding hydrogens is 532 g/mol. The first kappa shape index (κ1) is 19.9. The Morgan fingerprint density at radius 1 is 0.714 bits per heavy atom. The number of nitrogens with zero attached hydrogens (tertiary/aromatic N) is 2. The van der Waals surface area contributed by atoms with Crippen molar-refractivity contribution in [1.82, 2.24) is 0 Å². The van der Waals surface area contributed by atoms with Crippen LogP contribution in [0.2, 0.25) is 0 Å². The minimum Gasteiger partial charge on any atom is -0.266 e. The summed E-state index contributed by atoms with van der Waals surface area (Å²) in [5, 5.41) is 1.68. The zero-order valence-corrected chi connectivity index (χ0v) is 19.8. The standard InChI is InChI=1S/C18H16Br2N2O4S2/c1-27(23,24)21-9-7-13(19)17-11-4-6-16-18(12(11)3-5-15(17)21)14(20)8-10-22(16)28(2,25)26/h3-8H,9-10H2,1-2H3. The Labute approximate surface area is 180 Å². The van der Waals surface area contributed by atoms with Gasteiger partial charge in [0.25, 0.3) is 0 Å². The van der Waals surface area contributed by atoms with Crippen LogP contribution in [0.3, 0.4) is 0 Å². The van der Waals surface area contributed by atoms with Crippen molar-refractivity contribution in [2.75, 3.05) is 34.2 Å². The highest BCUT2D eigenvalue weighted by Crippen LogP contribution is 2.46. The zero-order valence-electron chi connectivity index (χ0n) is 15.0. The van der Waals surface area contributed by atoms with Crippen molar-refractivity contribution in [2.24, 2.45) is 0 Å². The van der Waals surface area contributed by atoms with E-state index < -0.39 is 20.0 Å². The molecule has 2 aliphatic rings. The van der Waals surface area contributed by atoms with E-state index >= 15 is 0 Å². The predicted molar refractivity (Wildman–Crippen MR) is 122 cm³/mol. The lowest BCUT2D eigenvalue weighted by atomic mass is 9.94. The van der Waals surface area contributed by atoms with Gasteiger partial charge in [0, 0.05) is 20.1 Å². The molecule has 0 saturated carbocycles. The molecule has 28 heavy (non-hydrogen) atoms. The van der Waals surface area contributed by atoms with E-state index in [9.17, 15) is 16.8 Å². The van der Waals surface area contributed by atoms with Crippen molar-refractivity contribution in [1.29, 1.82) is 0 Å². The molecule has 10 heteroatoms. The van der Waals surface area contributed by atoms with Crippen molar-refractivity contribution in [2.45, 2.75) is 0 Å². The molecule has 148 valence electrons. The smallest absolute Gasteiger partial charge is 0.232 e. The van der Waals surface area contributed by atoms with Crippen LogP contribution < -0.4 is 8.61 Å². The fraction of sp³-hybridized carbons (Fsp3) is 0.222. The van der Waals surface area contributed by atoms with Crippen molar-refractivity contribution in [3.8, 4) is 0 Å². The van der Waals surface area contributed by atoms with Crippen LogP contribution in [0, 0.1) is 0 Å². The molecule has 2 aromatic carbocycles. The molecule has 0 N–H and O–H groups in total. The van der Waals surface area contributed by atoms with E-state index in [2.05, 4.69) is 31.9 Å². The second kappa shape index (κ2) is 6.58. The van der Waals surface area contributed by atoms with Crippen LogP contribution in [0.5, 0.6) is 0 Å². The van der Waals surface area contributed by atoms with Gasteiger partial charge < -0.3 is 0 Å². The van der Waals surface area contributed by atoms with E-state index in [0.717, 1.165) is 30.9 Å². The van der Waals surface area contributed by atoms with Crippen LogP contribution in [-0.2, 0) is 20.0 Å². The van der Waals surface area contributed by atoms with Crippen molar-refractivity contribution in [3.05, 3.63) is 47.5 Å². The lowest BCUT2D eigenvalue weighted by Gasteiger charge is -2.31. The van der Waals surface area contributed by atoms with Crippen LogP contribution >= 0.6 is 31.9 Å². The second-order valence-electron chi connectivity index (χ2n) is 6.71. The van der Waals surface area contributed by atoms with Crippen molar-refractivity contribution >= 4 is 83.0 Å². The highest BCUT2D eigenvalue weighted by atomic mass is 79.9. The second-order valence-corrected chi connectivity index (χ2v) is 12.2. The normalized spacial score (nSPS) is 17.1. The van der Waals surface area contributed by atoms with Gasteiger partial charge in [0.05, 0.1) is 37.0 Å². The maximum absolute atomic E-state index is 12.2. The summed E-state index contributed by atoms with van der Waals surface area (Å²) in [6.45, 7) is 0.517. The zero-order chi connectivity index (χ0) is 20.4. The highest BCUT2D eigenvalue weighted by molar-refractivity contribution is 9.15. The molecule has 2 heterocycles. The van der Waals surface area contributed by atoms with E-state index in [1.54, 1.807) is 12.1 Å². The summed E-state index contributed by atoms with van der Waals surface area (Å²) in [6.07, 6.45) is 6.00. The molecule has 6 nitrogen and oxygen atoms in total. The monoisotopic (exact) mass is 546 g/mol. The van der Waals surface area contributed by atoms with Gasteiger partial charge in [-0.05, 0) is 35.1 Å². The molecule has 0 atom stereocenters. The molecule has 4 rings (SSSR count). The predicted octanol–water partition coefficient (Wildman–Crippen LogP) is 3.87. The molecule has 0 saturated heterocycles. The maximum Gasteiger partial charge on any atom is 0.232 e. The molecule has 0 aromatic heterocycles. The average molecular weight is 548 g/mol. The Hall–Kier alpha value is -1.36. The third-order valence-corrected chi connectivity index (χ3v) is 8.58. The third kappa shape index (κ3) is 3.10. The van der Waals surface area contributed by atoms with E-state index in [1.165, 1.54) is 21.1 Å². The van der Waals surface area contributed by atoms with Crippen LogP contribution in [0.1, 0.15) is 11.1 Å². The molecule has 2 aliphatic heterocycles. The average Bonchev–Trinajstić information content (AvgIpc) is 2.59. The molecular formula is C18H16Br2N2O4S2. The minimum absolute atomic E-state index is 0.258. The highest BCUT2D eigenvalue weighted by Gasteiger charge is 2.29. The summed E-state index contributed by atoms with van der Waals surface area (Å²) in [6, 6.07) is 7.23.